The Morgan fingerprint density at radius 2 is 1.78 bits per heavy atom. The van der Waals surface area contributed by atoms with E-state index in [0.717, 1.165) is 0 Å². The number of hydrogen-bond donors (Lipinski definition) is 1. The van der Waals surface area contributed by atoms with Crippen LogP contribution in [0.25, 0.3) is 0 Å². The maximum absolute atomic E-state index is 12.1. The van der Waals surface area contributed by atoms with Crippen molar-refractivity contribution >= 4 is 39.4 Å². The third-order valence-electron chi connectivity index (χ3n) is 2.76. The molecule has 0 heterocycles. The maximum atomic E-state index is 12.1. The minimum absolute atomic E-state index is 0.278. The summed E-state index contributed by atoms with van der Waals surface area (Å²) in [5, 5.41) is 2.66. The number of nitrogens with one attached hydrogen (secondary N) is 1. The van der Waals surface area contributed by atoms with Gasteiger partial charge in [0.2, 0.25) is 0 Å². The largest absolute Gasteiger partial charge is 0.469 e. The molecule has 8 heteroatoms. The molecule has 1 aromatic rings. The van der Waals surface area contributed by atoms with E-state index in [9.17, 15) is 14.4 Å². The fraction of sp³-hybridized carbons (Fsp3) is 0.400. The van der Waals surface area contributed by atoms with Gasteiger partial charge in [0.1, 0.15) is 6.04 Å². The first-order chi connectivity index (χ1) is 11.1. The minimum atomic E-state index is -0.747. The second kappa shape index (κ2) is 11.0. The summed E-state index contributed by atoms with van der Waals surface area (Å²) in [6.45, 7) is 0. The molecule has 0 saturated carbocycles. The molecule has 0 unspecified atom stereocenters. The first kappa shape index (κ1) is 19.4. The van der Waals surface area contributed by atoms with Crippen molar-refractivity contribution in [1.29, 1.82) is 0 Å². The lowest BCUT2D eigenvalue weighted by molar-refractivity contribution is -0.142. The monoisotopic (exact) mass is 357 g/mol. The lowest BCUT2D eigenvalue weighted by Gasteiger charge is -2.15. The van der Waals surface area contributed by atoms with Gasteiger partial charge in [0, 0.05) is 17.1 Å². The number of ether oxygens (including phenoxy) is 2. The average Bonchev–Trinajstić information content (AvgIpc) is 2.59. The van der Waals surface area contributed by atoms with Crippen LogP contribution in [-0.2, 0) is 19.1 Å². The number of amides is 1. The van der Waals surface area contributed by atoms with E-state index < -0.39 is 12.0 Å². The van der Waals surface area contributed by atoms with Crippen molar-refractivity contribution in [2.75, 3.05) is 25.7 Å². The second-order valence-corrected chi connectivity index (χ2v) is 6.98. The SMILES string of the molecule is COC(=O)CCSSC[C@@H](NC(=O)c1ccccc1)C(=O)OC. The first-order valence-corrected chi connectivity index (χ1v) is 9.32. The van der Waals surface area contributed by atoms with Gasteiger partial charge in [-0.05, 0) is 12.1 Å². The van der Waals surface area contributed by atoms with Crippen molar-refractivity contribution in [2.45, 2.75) is 12.5 Å². The van der Waals surface area contributed by atoms with Gasteiger partial charge >= 0.3 is 11.9 Å². The molecule has 0 fully saturated rings. The smallest absolute Gasteiger partial charge is 0.329 e. The van der Waals surface area contributed by atoms with Gasteiger partial charge in [-0.3, -0.25) is 9.59 Å². The van der Waals surface area contributed by atoms with Crippen LogP contribution in [0.1, 0.15) is 16.8 Å². The summed E-state index contributed by atoms with van der Waals surface area (Å²) in [7, 11) is 5.44. The average molecular weight is 357 g/mol. The van der Waals surface area contributed by atoms with Crippen LogP contribution in [0.3, 0.4) is 0 Å². The number of esters is 2. The van der Waals surface area contributed by atoms with E-state index in [-0.39, 0.29) is 11.9 Å². The summed E-state index contributed by atoms with van der Waals surface area (Å²) in [5.74, 6) is -0.203. The van der Waals surface area contributed by atoms with E-state index in [4.69, 9.17) is 4.74 Å². The molecule has 0 aliphatic heterocycles. The van der Waals surface area contributed by atoms with E-state index in [2.05, 4.69) is 10.1 Å². The van der Waals surface area contributed by atoms with Crippen LogP contribution in [0.15, 0.2) is 30.3 Å². The van der Waals surface area contributed by atoms with Crippen LogP contribution in [0.4, 0.5) is 0 Å². The molecule has 0 saturated heterocycles. The summed E-state index contributed by atoms with van der Waals surface area (Å²) in [6.07, 6.45) is 0.299. The highest BCUT2D eigenvalue weighted by molar-refractivity contribution is 8.76. The molecule has 126 valence electrons. The molecule has 0 spiro atoms. The molecule has 1 atom stereocenters. The van der Waals surface area contributed by atoms with Gasteiger partial charge in [-0.2, -0.15) is 0 Å². The number of hydrogen-bond acceptors (Lipinski definition) is 7. The van der Waals surface area contributed by atoms with Gasteiger partial charge in [0.15, 0.2) is 0 Å². The molecule has 0 bridgehead atoms. The molecule has 0 aromatic heterocycles. The lowest BCUT2D eigenvalue weighted by atomic mass is 10.2. The highest BCUT2D eigenvalue weighted by Crippen LogP contribution is 2.23. The summed E-state index contributed by atoms with van der Waals surface area (Å²) >= 11 is 0. The predicted octanol–water partition coefficient (Wildman–Crippen LogP) is 1.90. The Bertz CT molecular complexity index is 524. The lowest BCUT2D eigenvalue weighted by Crippen LogP contribution is -2.43. The quantitative estimate of drug-likeness (QED) is 0.411. The van der Waals surface area contributed by atoms with Crippen molar-refractivity contribution in [3.8, 4) is 0 Å². The highest BCUT2D eigenvalue weighted by Gasteiger charge is 2.22. The molecular weight excluding hydrogens is 338 g/mol. The summed E-state index contributed by atoms with van der Waals surface area (Å²) in [6, 6.07) is 7.90. The van der Waals surface area contributed by atoms with Crippen molar-refractivity contribution < 1.29 is 23.9 Å². The standard InChI is InChI=1S/C15H19NO5S2/c1-20-13(17)8-9-22-23-10-12(15(19)21-2)16-14(18)11-6-4-3-5-7-11/h3-7,12H,8-10H2,1-2H3,(H,16,18)/t12-/m1/s1. The summed E-state index contributed by atoms with van der Waals surface area (Å²) in [4.78, 5) is 34.8. The molecule has 0 aliphatic carbocycles. The van der Waals surface area contributed by atoms with Crippen molar-refractivity contribution in [3.63, 3.8) is 0 Å². The fourth-order valence-electron chi connectivity index (χ4n) is 1.54. The van der Waals surface area contributed by atoms with Gasteiger partial charge in [-0.15, -0.1) is 0 Å². The number of benzene rings is 1. The molecule has 0 radical (unpaired) electrons. The van der Waals surface area contributed by atoms with E-state index in [1.165, 1.54) is 35.8 Å². The van der Waals surface area contributed by atoms with Crippen molar-refractivity contribution in [3.05, 3.63) is 35.9 Å². The van der Waals surface area contributed by atoms with Crippen LogP contribution >= 0.6 is 21.6 Å². The zero-order valence-corrected chi connectivity index (χ0v) is 14.6. The molecule has 23 heavy (non-hydrogen) atoms. The van der Waals surface area contributed by atoms with Gasteiger partial charge in [0.05, 0.1) is 20.6 Å². The zero-order chi connectivity index (χ0) is 17.1. The Hall–Kier alpha value is -1.67. The van der Waals surface area contributed by atoms with Crippen LogP contribution in [0, 0.1) is 0 Å². The van der Waals surface area contributed by atoms with Crippen LogP contribution in [0.2, 0.25) is 0 Å². The Morgan fingerprint density at radius 1 is 1.09 bits per heavy atom. The minimum Gasteiger partial charge on any atom is -0.469 e. The third kappa shape index (κ3) is 7.43. The molecule has 0 aliphatic rings. The molecule has 1 aromatic carbocycles. The topological polar surface area (TPSA) is 81.7 Å². The molecule has 1 rings (SSSR count). The van der Waals surface area contributed by atoms with Gasteiger partial charge in [-0.1, -0.05) is 39.8 Å². The third-order valence-corrected chi connectivity index (χ3v) is 5.18. The maximum Gasteiger partial charge on any atom is 0.329 e. The Morgan fingerprint density at radius 3 is 2.39 bits per heavy atom. The Labute approximate surface area is 143 Å². The number of carbonyl (C=O) groups excluding carboxylic acids is 3. The number of methoxy groups -OCH3 is 2. The first-order valence-electron chi connectivity index (χ1n) is 6.83. The van der Waals surface area contributed by atoms with Gasteiger partial charge < -0.3 is 14.8 Å². The number of rotatable bonds is 9. The van der Waals surface area contributed by atoms with E-state index in [1.807, 2.05) is 6.07 Å². The normalized spacial score (nSPS) is 11.4. The van der Waals surface area contributed by atoms with E-state index in [0.29, 0.717) is 23.5 Å². The molecule has 1 amide bonds. The highest BCUT2D eigenvalue weighted by atomic mass is 33.1. The molecular formula is C15H19NO5S2. The molecule has 1 N–H and O–H groups in total. The van der Waals surface area contributed by atoms with Crippen LogP contribution in [-0.4, -0.2) is 49.6 Å². The Kier molecular flexibility index (Phi) is 9.23. The van der Waals surface area contributed by atoms with E-state index in [1.54, 1.807) is 24.3 Å². The van der Waals surface area contributed by atoms with Crippen molar-refractivity contribution in [2.24, 2.45) is 0 Å². The van der Waals surface area contributed by atoms with Crippen molar-refractivity contribution in [1.82, 2.24) is 5.32 Å². The summed E-state index contributed by atoms with van der Waals surface area (Å²) < 4.78 is 9.25. The van der Waals surface area contributed by atoms with Crippen LogP contribution in [0.5, 0.6) is 0 Å². The Balaban J connectivity index is 2.45. The predicted molar refractivity (Wildman–Crippen MR) is 91.3 cm³/mol. The second-order valence-electron chi connectivity index (χ2n) is 4.35. The van der Waals surface area contributed by atoms with E-state index >= 15 is 0 Å². The zero-order valence-electron chi connectivity index (χ0n) is 12.9. The van der Waals surface area contributed by atoms with Gasteiger partial charge in [-0.25, -0.2) is 4.79 Å². The van der Waals surface area contributed by atoms with Crippen LogP contribution < -0.4 is 5.32 Å². The fourth-order valence-corrected chi connectivity index (χ4v) is 3.66. The molecule has 6 nitrogen and oxygen atoms in total. The summed E-state index contributed by atoms with van der Waals surface area (Å²) in [5.41, 5.74) is 0.477. The van der Waals surface area contributed by atoms with Gasteiger partial charge in [0.25, 0.3) is 5.91 Å². The number of carbonyl (C=O) groups is 3.